The number of hydrogen-bond acceptors (Lipinski definition) is 1. The number of ketones is 1. The number of Topliss-reactive ketones (excluding diaryl/α,β-unsaturated/α-hetero) is 1. The first kappa shape index (κ1) is 13.8. The number of benzene rings is 2. The monoisotopic (exact) mass is 254 g/mol. The molecule has 0 fully saturated rings. The predicted molar refractivity (Wildman–Crippen MR) is 81.6 cm³/mol. The van der Waals surface area contributed by atoms with Crippen molar-refractivity contribution in [2.75, 3.05) is 0 Å². The highest BCUT2D eigenvalue weighted by Gasteiger charge is 2.19. The van der Waals surface area contributed by atoms with Crippen LogP contribution in [0.4, 0.5) is 0 Å². The number of carbonyl (C=O) groups excluding carboxylic acids is 1. The molecule has 0 N–H and O–H groups in total. The molecule has 0 aliphatic carbocycles. The van der Waals surface area contributed by atoms with Gasteiger partial charge in [-0.05, 0) is 23.6 Å². The third kappa shape index (κ3) is 3.04. The van der Waals surface area contributed by atoms with Crippen molar-refractivity contribution >= 4 is 16.6 Å². The Morgan fingerprint density at radius 2 is 1.79 bits per heavy atom. The summed E-state index contributed by atoms with van der Waals surface area (Å²) in [5.41, 5.74) is 0.890. The maximum atomic E-state index is 12.7. The van der Waals surface area contributed by atoms with Crippen LogP contribution in [0.25, 0.3) is 10.8 Å². The normalized spacial score (nSPS) is 12.5. The number of fused-ring (bicyclic) bond motifs is 1. The molecule has 1 atom stereocenters. The Balaban J connectivity index is 2.35. The number of unbranched alkanes of at least 4 members (excludes halogenated alkanes) is 1. The molecule has 0 aliphatic heterocycles. The van der Waals surface area contributed by atoms with E-state index in [0.717, 1.165) is 42.0 Å². The zero-order chi connectivity index (χ0) is 13.7. The second-order valence-corrected chi connectivity index (χ2v) is 5.14. The summed E-state index contributed by atoms with van der Waals surface area (Å²) in [7, 11) is 0. The van der Waals surface area contributed by atoms with Gasteiger partial charge >= 0.3 is 0 Å². The summed E-state index contributed by atoms with van der Waals surface area (Å²) in [5, 5.41) is 2.24. The standard InChI is InChI=1S/C18H22O/c1-3-5-9-14(4-2)18(19)17-13-8-11-15-10-6-7-12-16(15)17/h6-8,10-14H,3-5,9H2,1-2H3. The van der Waals surface area contributed by atoms with E-state index in [9.17, 15) is 4.79 Å². The van der Waals surface area contributed by atoms with Crippen LogP contribution < -0.4 is 0 Å². The molecule has 0 amide bonds. The molecule has 0 saturated heterocycles. The van der Waals surface area contributed by atoms with E-state index in [1.165, 1.54) is 0 Å². The lowest BCUT2D eigenvalue weighted by Crippen LogP contribution is -2.14. The summed E-state index contributed by atoms with van der Waals surface area (Å²) in [6.45, 7) is 4.29. The molecule has 2 rings (SSSR count). The highest BCUT2D eigenvalue weighted by atomic mass is 16.1. The molecular formula is C18H22O. The minimum absolute atomic E-state index is 0.172. The molecule has 1 unspecified atom stereocenters. The zero-order valence-corrected chi connectivity index (χ0v) is 11.9. The molecule has 1 heteroatoms. The molecule has 19 heavy (non-hydrogen) atoms. The second-order valence-electron chi connectivity index (χ2n) is 5.14. The summed E-state index contributed by atoms with van der Waals surface area (Å²) in [4.78, 5) is 12.7. The van der Waals surface area contributed by atoms with E-state index in [-0.39, 0.29) is 5.92 Å². The Labute approximate surface area is 115 Å². The van der Waals surface area contributed by atoms with Crippen molar-refractivity contribution in [1.82, 2.24) is 0 Å². The smallest absolute Gasteiger partial charge is 0.166 e. The number of rotatable bonds is 6. The van der Waals surface area contributed by atoms with Crippen molar-refractivity contribution in [3.05, 3.63) is 48.0 Å². The molecule has 0 aliphatic rings. The van der Waals surface area contributed by atoms with Gasteiger partial charge in [0.2, 0.25) is 0 Å². The van der Waals surface area contributed by atoms with Crippen molar-refractivity contribution in [1.29, 1.82) is 0 Å². The largest absolute Gasteiger partial charge is 0.294 e. The second kappa shape index (κ2) is 6.51. The summed E-state index contributed by atoms with van der Waals surface area (Å²) in [6.07, 6.45) is 4.23. The third-order valence-corrected chi connectivity index (χ3v) is 3.82. The third-order valence-electron chi connectivity index (χ3n) is 3.82. The Morgan fingerprint density at radius 3 is 2.53 bits per heavy atom. The lowest BCUT2D eigenvalue weighted by Gasteiger charge is -2.14. The van der Waals surface area contributed by atoms with E-state index in [1.807, 2.05) is 24.3 Å². The number of hydrogen-bond donors (Lipinski definition) is 0. The zero-order valence-electron chi connectivity index (χ0n) is 11.9. The lowest BCUT2D eigenvalue weighted by atomic mass is 9.88. The molecule has 2 aromatic carbocycles. The maximum absolute atomic E-state index is 12.7. The van der Waals surface area contributed by atoms with Gasteiger partial charge in [-0.25, -0.2) is 0 Å². The van der Waals surface area contributed by atoms with Gasteiger partial charge in [-0.3, -0.25) is 4.79 Å². The summed E-state index contributed by atoms with van der Waals surface area (Å²) >= 11 is 0. The van der Waals surface area contributed by atoms with Gasteiger partial charge in [-0.1, -0.05) is 69.2 Å². The van der Waals surface area contributed by atoms with Crippen LogP contribution in [0.2, 0.25) is 0 Å². The fraction of sp³-hybridized carbons (Fsp3) is 0.389. The average Bonchev–Trinajstić information content (AvgIpc) is 2.47. The molecular weight excluding hydrogens is 232 g/mol. The Bertz CT molecular complexity index is 551. The van der Waals surface area contributed by atoms with E-state index in [2.05, 4.69) is 32.0 Å². The fourth-order valence-electron chi connectivity index (χ4n) is 2.63. The average molecular weight is 254 g/mol. The van der Waals surface area contributed by atoms with Gasteiger partial charge in [0.05, 0.1) is 0 Å². The molecule has 0 spiro atoms. The predicted octanol–water partition coefficient (Wildman–Crippen LogP) is 5.24. The quantitative estimate of drug-likeness (QED) is 0.644. The van der Waals surface area contributed by atoms with Crippen LogP contribution in [0.5, 0.6) is 0 Å². The molecule has 0 radical (unpaired) electrons. The molecule has 0 saturated carbocycles. The fourth-order valence-corrected chi connectivity index (χ4v) is 2.63. The first-order chi connectivity index (χ1) is 9.27. The van der Waals surface area contributed by atoms with E-state index < -0.39 is 0 Å². The highest BCUT2D eigenvalue weighted by Crippen LogP contribution is 2.24. The SMILES string of the molecule is CCCCC(CC)C(=O)c1cccc2ccccc12. The van der Waals surface area contributed by atoms with Crippen molar-refractivity contribution in [3.63, 3.8) is 0 Å². The van der Waals surface area contributed by atoms with Gasteiger partial charge in [0.15, 0.2) is 5.78 Å². The maximum Gasteiger partial charge on any atom is 0.166 e. The van der Waals surface area contributed by atoms with Crippen molar-refractivity contribution < 1.29 is 4.79 Å². The first-order valence-electron chi connectivity index (χ1n) is 7.29. The van der Waals surface area contributed by atoms with E-state index in [4.69, 9.17) is 0 Å². The van der Waals surface area contributed by atoms with Gasteiger partial charge in [-0.15, -0.1) is 0 Å². The summed E-state index contributed by atoms with van der Waals surface area (Å²) < 4.78 is 0. The van der Waals surface area contributed by atoms with E-state index >= 15 is 0 Å². The minimum Gasteiger partial charge on any atom is -0.294 e. The lowest BCUT2D eigenvalue weighted by molar-refractivity contribution is 0.0910. The van der Waals surface area contributed by atoms with Crippen LogP contribution in [0.15, 0.2) is 42.5 Å². The summed E-state index contributed by atoms with van der Waals surface area (Å²) in [6, 6.07) is 14.2. The first-order valence-corrected chi connectivity index (χ1v) is 7.29. The Kier molecular flexibility index (Phi) is 4.73. The van der Waals surface area contributed by atoms with Crippen LogP contribution in [0.1, 0.15) is 49.9 Å². The van der Waals surface area contributed by atoms with Crippen LogP contribution >= 0.6 is 0 Å². The van der Waals surface area contributed by atoms with Crippen LogP contribution in [0, 0.1) is 5.92 Å². The van der Waals surface area contributed by atoms with Gasteiger partial charge in [0, 0.05) is 11.5 Å². The van der Waals surface area contributed by atoms with Gasteiger partial charge in [0.25, 0.3) is 0 Å². The molecule has 0 heterocycles. The van der Waals surface area contributed by atoms with E-state index in [0.29, 0.717) is 5.78 Å². The molecule has 0 aromatic heterocycles. The topological polar surface area (TPSA) is 17.1 Å². The molecule has 2 aromatic rings. The Morgan fingerprint density at radius 1 is 1.05 bits per heavy atom. The van der Waals surface area contributed by atoms with Gasteiger partial charge in [-0.2, -0.15) is 0 Å². The van der Waals surface area contributed by atoms with Crippen molar-refractivity contribution in [2.45, 2.75) is 39.5 Å². The van der Waals surface area contributed by atoms with Crippen molar-refractivity contribution in [3.8, 4) is 0 Å². The van der Waals surface area contributed by atoms with Crippen LogP contribution in [-0.2, 0) is 0 Å². The van der Waals surface area contributed by atoms with E-state index in [1.54, 1.807) is 0 Å². The minimum atomic E-state index is 0.172. The van der Waals surface area contributed by atoms with Gasteiger partial charge in [0.1, 0.15) is 0 Å². The highest BCUT2D eigenvalue weighted by molar-refractivity contribution is 6.09. The van der Waals surface area contributed by atoms with Crippen LogP contribution in [0.3, 0.4) is 0 Å². The molecule has 1 nitrogen and oxygen atoms in total. The van der Waals surface area contributed by atoms with Crippen molar-refractivity contribution in [2.24, 2.45) is 5.92 Å². The molecule has 0 bridgehead atoms. The number of carbonyl (C=O) groups is 1. The Hall–Kier alpha value is -1.63. The van der Waals surface area contributed by atoms with Crippen LogP contribution in [-0.4, -0.2) is 5.78 Å². The molecule has 100 valence electrons. The van der Waals surface area contributed by atoms with Gasteiger partial charge < -0.3 is 0 Å². The summed E-state index contributed by atoms with van der Waals surface area (Å²) in [5.74, 6) is 0.485.